The topological polar surface area (TPSA) is 77.0 Å². The number of methoxy groups -OCH3 is 1. The molecule has 0 radical (unpaired) electrons. The Morgan fingerprint density at radius 3 is 2.62 bits per heavy atom. The van der Waals surface area contributed by atoms with Crippen LogP contribution in [0, 0.1) is 0 Å². The van der Waals surface area contributed by atoms with Gasteiger partial charge in [-0.25, -0.2) is 0 Å². The number of carboxylic acids is 1. The molecule has 0 aromatic heterocycles. The number of hydrogen-bond acceptors (Lipinski definition) is 5. The van der Waals surface area contributed by atoms with E-state index in [1.165, 1.54) is 0 Å². The Labute approximate surface area is 140 Å². The summed E-state index contributed by atoms with van der Waals surface area (Å²) < 4.78 is 16.0. The zero-order valence-electron chi connectivity index (χ0n) is 13.3. The Balaban J connectivity index is 1.72. The fourth-order valence-corrected chi connectivity index (χ4v) is 2.62. The van der Waals surface area contributed by atoms with Crippen molar-refractivity contribution in [1.82, 2.24) is 5.32 Å². The molecule has 0 saturated carbocycles. The molecular formula is C18H19NO5. The zero-order chi connectivity index (χ0) is 16.9. The second-order valence-electron chi connectivity index (χ2n) is 5.48. The van der Waals surface area contributed by atoms with E-state index in [1.807, 2.05) is 36.4 Å². The van der Waals surface area contributed by atoms with Crippen LogP contribution in [0.4, 0.5) is 0 Å². The van der Waals surface area contributed by atoms with Gasteiger partial charge in [0.15, 0.2) is 11.5 Å². The van der Waals surface area contributed by atoms with Gasteiger partial charge < -0.3 is 19.3 Å². The lowest BCUT2D eigenvalue weighted by Gasteiger charge is -2.16. The van der Waals surface area contributed by atoms with Gasteiger partial charge in [0.2, 0.25) is 6.79 Å². The number of nitrogens with one attached hydrogen (secondary N) is 1. The second kappa shape index (κ2) is 7.23. The second-order valence-corrected chi connectivity index (χ2v) is 5.48. The van der Waals surface area contributed by atoms with E-state index in [0.717, 1.165) is 11.1 Å². The number of aliphatic carboxylic acids is 1. The third kappa shape index (κ3) is 3.60. The van der Waals surface area contributed by atoms with Crippen molar-refractivity contribution in [3.05, 3.63) is 53.6 Å². The lowest BCUT2D eigenvalue weighted by molar-refractivity contribution is -0.139. The summed E-state index contributed by atoms with van der Waals surface area (Å²) in [6.45, 7) is 0.532. The molecule has 6 nitrogen and oxygen atoms in total. The molecule has 6 heteroatoms. The summed E-state index contributed by atoms with van der Waals surface area (Å²) >= 11 is 0. The molecule has 1 atom stereocenters. The van der Waals surface area contributed by atoms with Gasteiger partial charge in [0.05, 0.1) is 7.11 Å². The van der Waals surface area contributed by atoms with Crippen LogP contribution in [0.15, 0.2) is 42.5 Å². The van der Waals surface area contributed by atoms with E-state index in [4.69, 9.17) is 14.2 Å². The molecule has 2 aromatic carbocycles. The van der Waals surface area contributed by atoms with Gasteiger partial charge in [-0.3, -0.25) is 10.1 Å². The number of ether oxygens (including phenoxy) is 3. The molecule has 0 fully saturated rings. The molecule has 1 heterocycles. The largest absolute Gasteiger partial charge is 0.496 e. The van der Waals surface area contributed by atoms with Crippen molar-refractivity contribution in [3.63, 3.8) is 0 Å². The quantitative estimate of drug-likeness (QED) is 0.811. The van der Waals surface area contributed by atoms with Crippen LogP contribution in [-0.4, -0.2) is 31.0 Å². The number of fused-ring (bicyclic) bond motifs is 1. The molecule has 0 spiro atoms. The van der Waals surface area contributed by atoms with E-state index in [2.05, 4.69) is 5.32 Å². The van der Waals surface area contributed by atoms with E-state index in [-0.39, 0.29) is 6.79 Å². The van der Waals surface area contributed by atoms with Crippen LogP contribution in [0.5, 0.6) is 17.2 Å². The minimum atomic E-state index is -0.890. The molecule has 2 aromatic rings. The average Bonchev–Trinajstić information content (AvgIpc) is 3.05. The first-order valence-corrected chi connectivity index (χ1v) is 7.64. The van der Waals surface area contributed by atoms with E-state index in [9.17, 15) is 9.90 Å². The van der Waals surface area contributed by atoms with Gasteiger partial charge >= 0.3 is 5.97 Å². The van der Waals surface area contributed by atoms with Gasteiger partial charge in [-0.1, -0.05) is 30.3 Å². The molecule has 1 aliphatic heterocycles. The molecule has 0 bridgehead atoms. The first kappa shape index (κ1) is 16.1. The fraction of sp³-hybridized carbons (Fsp3) is 0.278. The van der Waals surface area contributed by atoms with E-state index < -0.39 is 12.0 Å². The Kier molecular flexibility index (Phi) is 4.86. The lowest BCUT2D eigenvalue weighted by Crippen LogP contribution is -2.38. The first-order valence-electron chi connectivity index (χ1n) is 7.64. The van der Waals surface area contributed by atoms with Crippen molar-refractivity contribution < 1.29 is 24.1 Å². The van der Waals surface area contributed by atoms with Crippen LogP contribution in [0.25, 0.3) is 0 Å². The van der Waals surface area contributed by atoms with Crippen LogP contribution in [-0.2, 0) is 17.8 Å². The molecule has 0 amide bonds. The highest BCUT2D eigenvalue weighted by Gasteiger charge is 2.21. The summed E-state index contributed by atoms with van der Waals surface area (Å²) in [5, 5.41) is 12.5. The maximum atomic E-state index is 11.5. The van der Waals surface area contributed by atoms with Crippen molar-refractivity contribution in [1.29, 1.82) is 0 Å². The smallest absolute Gasteiger partial charge is 0.321 e. The molecule has 1 aliphatic rings. The summed E-state index contributed by atoms with van der Waals surface area (Å²) in [6.07, 6.45) is 0.406. The molecule has 0 unspecified atom stereocenters. The van der Waals surface area contributed by atoms with Crippen LogP contribution in [0.1, 0.15) is 11.1 Å². The predicted octanol–water partition coefficient (Wildman–Crippen LogP) is 2.21. The van der Waals surface area contributed by atoms with Crippen LogP contribution in [0.2, 0.25) is 0 Å². The minimum Gasteiger partial charge on any atom is -0.496 e. The third-order valence-corrected chi connectivity index (χ3v) is 3.90. The summed E-state index contributed by atoms with van der Waals surface area (Å²) in [5.74, 6) is 1.02. The Morgan fingerprint density at radius 1 is 1.25 bits per heavy atom. The van der Waals surface area contributed by atoms with Gasteiger partial charge in [-0.05, 0) is 18.1 Å². The van der Waals surface area contributed by atoms with Gasteiger partial charge in [-0.15, -0.1) is 0 Å². The van der Waals surface area contributed by atoms with Gasteiger partial charge in [0.1, 0.15) is 11.8 Å². The zero-order valence-corrected chi connectivity index (χ0v) is 13.3. The normalized spacial score (nSPS) is 13.5. The Hall–Kier alpha value is -2.73. The van der Waals surface area contributed by atoms with Crippen LogP contribution < -0.4 is 19.5 Å². The maximum Gasteiger partial charge on any atom is 0.321 e. The van der Waals surface area contributed by atoms with Crippen molar-refractivity contribution in [3.8, 4) is 17.2 Å². The minimum absolute atomic E-state index is 0.182. The molecule has 24 heavy (non-hydrogen) atoms. The van der Waals surface area contributed by atoms with Crippen molar-refractivity contribution >= 4 is 5.97 Å². The van der Waals surface area contributed by atoms with Crippen molar-refractivity contribution in [2.75, 3.05) is 13.9 Å². The average molecular weight is 329 g/mol. The van der Waals surface area contributed by atoms with E-state index in [1.54, 1.807) is 13.2 Å². The number of hydrogen-bond donors (Lipinski definition) is 2. The molecule has 3 rings (SSSR count). The standard InChI is InChI=1S/C18H19NO5/c1-22-15-9-17-16(23-11-24-17)8-13(15)10-19-14(18(20)21)7-12-5-3-2-4-6-12/h2-6,8-9,14,19H,7,10-11H2,1H3,(H,20,21)/t14-/m0/s1. The van der Waals surface area contributed by atoms with Crippen LogP contribution in [0.3, 0.4) is 0 Å². The maximum absolute atomic E-state index is 11.5. The number of rotatable bonds is 7. The van der Waals surface area contributed by atoms with Crippen molar-refractivity contribution in [2.45, 2.75) is 19.0 Å². The molecular weight excluding hydrogens is 310 g/mol. The fourth-order valence-electron chi connectivity index (χ4n) is 2.62. The summed E-state index contributed by atoms with van der Waals surface area (Å²) in [6, 6.07) is 12.4. The highest BCUT2D eigenvalue weighted by Crippen LogP contribution is 2.38. The van der Waals surface area contributed by atoms with Crippen molar-refractivity contribution in [2.24, 2.45) is 0 Å². The molecule has 0 saturated heterocycles. The van der Waals surface area contributed by atoms with E-state index >= 15 is 0 Å². The highest BCUT2D eigenvalue weighted by molar-refractivity contribution is 5.74. The Morgan fingerprint density at radius 2 is 1.96 bits per heavy atom. The molecule has 0 aliphatic carbocycles. The predicted molar refractivity (Wildman–Crippen MR) is 87.5 cm³/mol. The number of carbonyl (C=O) groups is 1. The molecule has 2 N–H and O–H groups in total. The summed E-state index contributed by atoms with van der Waals surface area (Å²) in [5.41, 5.74) is 1.79. The SMILES string of the molecule is COc1cc2c(cc1CN[C@@H](Cc1ccccc1)C(=O)O)OCO2. The summed E-state index contributed by atoms with van der Waals surface area (Å²) in [4.78, 5) is 11.5. The molecule has 126 valence electrons. The number of carboxylic acid groups (broad SMARTS) is 1. The van der Waals surface area contributed by atoms with Gasteiger partial charge in [0, 0.05) is 18.2 Å². The monoisotopic (exact) mass is 329 g/mol. The Bertz CT molecular complexity index is 717. The van der Waals surface area contributed by atoms with E-state index in [0.29, 0.717) is 30.2 Å². The first-order chi connectivity index (χ1) is 11.7. The van der Waals surface area contributed by atoms with Gasteiger partial charge in [-0.2, -0.15) is 0 Å². The highest BCUT2D eigenvalue weighted by atomic mass is 16.7. The number of benzene rings is 2. The summed E-state index contributed by atoms with van der Waals surface area (Å²) in [7, 11) is 1.57. The van der Waals surface area contributed by atoms with Crippen LogP contribution >= 0.6 is 0 Å². The third-order valence-electron chi connectivity index (χ3n) is 3.90. The lowest BCUT2D eigenvalue weighted by atomic mass is 10.1. The van der Waals surface area contributed by atoms with Gasteiger partial charge in [0.25, 0.3) is 0 Å².